The Morgan fingerprint density at radius 3 is 2.45 bits per heavy atom. The maximum absolute atomic E-state index is 13.7. The topological polar surface area (TPSA) is 79.5 Å². The van der Waals surface area contributed by atoms with Crippen molar-refractivity contribution in [1.82, 2.24) is 9.29 Å². The number of pyridine rings is 1. The van der Waals surface area contributed by atoms with Gasteiger partial charge in [0.05, 0.1) is 11.0 Å². The van der Waals surface area contributed by atoms with Crippen molar-refractivity contribution in [2.45, 2.75) is 63.5 Å². The van der Waals surface area contributed by atoms with Crippen molar-refractivity contribution in [3.63, 3.8) is 0 Å². The highest BCUT2D eigenvalue weighted by Crippen LogP contribution is 2.26. The van der Waals surface area contributed by atoms with Crippen LogP contribution in [-0.2, 0) is 26.7 Å². The van der Waals surface area contributed by atoms with E-state index in [0.29, 0.717) is 12.2 Å². The van der Waals surface area contributed by atoms with Gasteiger partial charge in [-0.25, -0.2) is 8.42 Å². The number of fused-ring (bicyclic) bond motifs is 1. The van der Waals surface area contributed by atoms with Gasteiger partial charge in [-0.15, -0.1) is 0 Å². The lowest BCUT2D eigenvalue weighted by atomic mass is 9.87. The monoisotopic (exact) mass is 468 g/mol. The normalized spacial score (nSPS) is 17.2. The fraction of sp³-hybridized carbons (Fsp3) is 0.423. The van der Waals surface area contributed by atoms with Crippen LogP contribution in [0.3, 0.4) is 0 Å². The van der Waals surface area contributed by atoms with E-state index >= 15 is 0 Å². The van der Waals surface area contributed by atoms with Crippen molar-refractivity contribution in [1.29, 1.82) is 0 Å². The van der Waals surface area contributed by atoms with Gasteiger partial charge in [0.1, 0.15) is 0 Å². The zero-order valence-electron chi connectivity index (χ0n) is 19.7. The SMILES string of the molecule is Cc1ccc2[nH]c(=O)c(CN(C[C@H]3CCCO3)S(=O)(=O)c3ccc(C(C)(C)C)cc3)cc2c1. The third-order valence-electron chi connectivity index (χ3n) is 6.21. The van der Waals surface area contributed by atoms with Crippen LogP contribution in [0.2, 0.25) is 0 Å². The van der Waals surface area contributed by atoms with Gasteiger partial charge in [-0.3, -0.25) is 4.79 Å². The van der Waals surface area contributed by atoms with E-state index in [1.54, 1.807) is 18.2 Å². The first-order chi connectivity index (χ1) is 15.5. The van der Waals surface area contributed by atoms with Crippen molar-refractivity contribution in [3.8, 4) is 0 Å². The summed E-state index contributed by atoms with van der Waals surface area (Å²) < 4.78 is 34.5. The van der Waals surface area contributed by atoms with E-state index in [4.69, 9.17) is 4.74 Å². The van der Waals surface area contributed by atoms with Gasteiger partial charge in [0, 0.05) is 30.8 Å². The second-order valence-corrected chi connectivity index (χ2v) is 11.9. The van der Waals surface area contributed by atoms with Crippen LogP contribution in [0.1, 0.15) is 50.3 Å². The number of sulfonamides is 1. The van der Waals surface area contributed by atoms with Crippen LogP contribution in [0.4, 0.5) is 0 Å². The van der Waals surface area contributed by atoms with E-state index in [0.717, 1.165) is 34.9 Å². The Balaban J connectivity index is 1.71. The Morgan fingerprint density at radius 1 is 1.09 bits per heavy atom. The number of ether oxygens (including phenoxy) is 1. The van der Waals surface area contributed by atoms with Gasteiger partial charge >= 0.3 is 0 Å². The Kier molecular flexibility index (Phi) is 6.49. The molecule has 6 nitrogen and oxygen atoms in total. The highest BCUT2D eigenvalue weighted by atomic mass is 32.2. The summed E-state index contributed by atoms with van der Waals surface area (Å²) in [6.45, 7) is 9.10. The summed E-state index contributed by atoms with van der Waals surface area (Å²) in [6.07, 6.45) is 1.55. The average Bonchev–Trinajstić information content (AvgIpc) is 3.27. The van der Waals surface area contributed by atoms with E-state index in [2.05, 4.69) is 25.8 Å². The maximum atomic E-state index is 13.7. The first kappa shape index (κ1) is 23.7. The molecular weight excluding hydrogens is 436 g/mol. The van der Waals surface area contributed by atoms with Gasteiger partial charge in [0.2, 0.25) is 10.0 Å². The lowest BCUT2D eigenvalue weighted by Crippen LogP contribution is -2.38. The van der Waals surface area contributed by atoms with Crippen molar-refractivity contribution in [2.24, 2.45) is 0 Å². The second-order valence-electron chi connectivity index (χ2n) is 9.92. The number of aromatic amines is 1. The average molecular weight is 469 g/mol. The second kappa shape index (κ2) is 9.05. The molecule has 1 atom stereocenters. The molecule has 0 spiro atoms. The summed E-state index contributed by atoms with van der Waals surface area (Å²) in [7, 11) is -3.83. The number of nitrogens with one attached hydrogen (secondary N) is 1. The molecule has 1 aliphatic heterocycles. The molecule has 7 heteroatoms. The molecule has 0 unspecified atom stereocenters. The molecule has 1 fully saturated rings. The lowest BCUT2D eigenvalue weighted by Gasteiger charge is -2.25. The third-order valence-corrected chi connectivity index (χ3v) is 8.04. The predicted octanol–water partition coefficient (Wildman–Crippen LogP) is 4.50. The molecule has 33 heavy (non-hydrogen) atoms. The van der Waals surface area contributed by atoms with E-state index < -0.39 is 10.0 Å². The van der Waals surface area contributed by atoms with Crippen LogP contribution in [-0.4, -0.2) is 37.0 Å². The Hall–Kier alpha value is -2.48. The number of benzene rings is 2. The van der Waals surface area contributed by atoms with Gasteiger partial charge in [0.25, 0.3) is 5.56 Å². The first-order valence-corrected chi connectivity index (χ1v) is 12.8. The molecule has 1 aromatic heterocycles. The Bertz CT molecular complexity index is 1300. The Labute approximate surface area is 195 Å². The third kappa shape index (κ3) is 5.21. The summed E-state index contributed by atoms with van der Waals surface area (Å²) >= 11 is 0. The van der Waals surface area contributed by atoms with E-state index in [1.807, 2.05) is 37.3 Å². The predicted molar refractivity (Wildman–Crippen MR) is 131 cm³/mol. The number of hydrogen-bond acceptors (Lipinski definition) is 4. The molecule has 0 amide bonds. The van der Waals surface area contributed by atoms with Crippen LogP contribution in [0, 0.1) is 6.92 Å². The molecule has 4 rings (SSSR count). The minimum Gasteiger partial charge on any atom is -0.377 e. The summed E-state index contributed by atoms with van der Waals surface area (Å²) in [5.74, 6) is 0. The zero-order valence-corrected chi connectivity index (χ0v) is 20.5. The summed E-state index contributed by atoms with van der Waals surface area (Å²) in [4.78, 5) is 15.9. The number of hydrogen-bond donors (Lipinski definition) is 1. The molecule has 1 aliphatic rings. The highest BCUT2D eigenvalue weighted by molar-refractivity contribution is 7.89. The fourth-order valence-electron chi connectivity index (χ4n) is 4.22. The number of nitrogens with zero attached hydrogens (tertiary/aromatic N) is 1. The van der Waals surface area contributed by atoms with Crippen LogP contribution >= 0.6 is 0 Å². The molecule has 0 saturated carbocycles. The number of rotatable bonds is 6. The molecule has 0 bridgehead atoms. The van der Waals surface area contributed by atoms with Crippen molar-refractivity contribution < 1.29 is 13.2 Å². The van der Waals surface area contributed by atoms with Crippen molar-refractivity contribution in [3.05, 3.63) is 75.6 Å². The van der Waals surface area contributed by atoms with Crippen LogP contribution in [0.5, 0.6) is 0 Å². The van der Waals surface area contributed by atoms with Crippen molar-refractivity contribution >= 4 is 20.9 Å². The van der Waals surface area contributed by atoms with Crippen LogP contribution in [0.25, 0.3) is 10.9 Å². The van der Waals surface area contributed by atoms with Crippen LogP contribution < -0.4 is 5.56 Å². The standard InChI is InChI=1S/C26H32N2O4S/c1-18-7-12-24-19(14-18)15-20(25(29)27-24)16-28(17-22-6-5-13-32-22)33(30,31)23-10-8-21(9-11-23)26(2,3)4/h7-12,14-15,22H,5-6,13,16-17H2,1-4H3,(H,27,29)/t22-/m1/s1. The summed E-state index contributed by atoms with van der Waals surface area (Å²) in [5, 5.41) is 0.883. The van der Waals surface area contributed by atoms with Gasteiger partial charge in [0.15, 0.2) is 0 Å². The summed E-state index contributed by atoms with van der Waals surface area (Å²) in [5.41, 5.74) is 2.94. The smallest absolute Gasteiger partial charge is 0.252 e. The van der Waals surface area contributed by atoms with E-state index in [1.165, 1.54) is 4.31 Å². The molecule has 0 radical (unpaired) electrons. The van der Waals surface area contributed by atoms with E-state index in [9.17, 15) is 13.2 Å². The highest BCUT2D eigenvalue weighted by Gasteiger charge is 2.30. The molecule has 2 aromatic carbocycles. The quantitative estimate of drug-likeness (QED) is 0.578. The molecule has 1 N–H and O–H groups in total. The maximum Gasteiger partial charge on any atom is 0.252 e. The van der Waals surface area contributed by atoms with E-state index in [-0.39, 0.29) is 35.1 Å². The number of aryl methyl sites for hydroxylation is 1. The lowest BCUT2D eigenvalue weighted by molar-refractivity contribution is 0.0925. The molecule has 3 aromatic rings. The zero-order chi connectivity index (χ0) is 23.8. The fourth-order valence-corrected chi connectivity index (χ4v) is 5.67. The van der Waals surface area contributed by atoms with Crippen molar-refractivity contribution in [2.75, 3.05) is 13.2 Å². The van der Waals surface area contributed by atoms with Gasteiger partial charge in [-0.1, -0.05) is 44.5 Å². The van der Waals surface area contributed by atoms with Gasteiger partial charge < -0.3 is 9.72 Å². The summed E-state index contributed by atoms with van der Waals surface area (Å²) in [6, 6.07) is 14.6. The number of H-pyrrole nitrogens is 1. The molecule has 0 aliphatic carbocycles. The van der Waals surface area contributed by atoms with Crippen LogP contribution in [0.15, 0.2) is 58.2 Å². The largest absolute Gasteiger partial charge is 0.377 e. The van der Waals surface area contributed by atoms with Gasteiger partial charge in [-0.2, -0.15) is 4.31 Å². The van der Waals surface area contributed by atoms with Gasteiger partial charge in [-0.05, 0) is 66.5 Å². The molecular formula is C26H32N2O4S. The number of aromatic nitrogens is 1. The minimum atomic E-state index is -3.83. The molecule has 2 heterocycles. The molecule has 176 valence electrons. The molecule has 1 saturated heterocycles. The Morgan fingerprint density at radius 2 is 1.82 bits per heavy atom. The first-order valence-electron chi connectivity index (χ1n) is 11.4. The minimum absolute atomic E-state index is 0.0115.